The maximum atomic E-state index is 11.4. The molecular formula is C11H10O3S. The largest absolute Gasteiger partial charge is 0.475 e. The maximum absolute atomic E-state index is 11.4. The molecule has 0 saturated carbocycles. The highest BCUT2D eigenvalue weighted by atomic mass is 32.2. The number of hydrogen-bond acceptors (Lipinski definition) is 3. The summed E-state index contributed by atoms with van der Waals surface area (Å²) in [7, 11) is 0. The molecule has 3 nitrogen and oxygen atoms in total. The van der Waals surface area contributed by atoms with E-state index in [-0.39, 0.29) is 0 Å². The highest BCUT2D eigenvalue weighted by molar-refractivity contribution is 8.00. The smallest absolute Gasteiger partial charge is 0.377 e. The molecule has 1 aromatic rings. The quantitative estimate of drug-likeness (QED) is 0.614. The van der Waals surface area contributed by atoms with Gasteiger partial charge in [-0.3, -0.25) is 4.79 Å². The van der Waals surface area contributed by atoms with Crippen LogP contribution in [0.1, 0.15) is 22.8 Å². The van der Waals surface area contributed by atoms with Gasteiger partial charge < -0.3 is 5.11 Å². The van der Waals surface area contributed by atoms with E-state index in [4.69, 9.17) is 5.11 Å². The molecule has 1 atom stereocenters. The van der Waals surface area contributed by atoms with E-state index in [1.807, 2.05) is 6.07 Å². The van der Waals surface area contributed by atoms with Crippen molar-refractivity contribution in [3.63, 3.8) is 0 Å². The van der Waals surface area contributed by atoms with Crippen molar-refractivity contribution in [2.75, 3.05) is 0 Å². The normalized spacial score (nSPS) is 18.6. The van der Waals surface area contributed by atoms with Gasteiger partial charge in [0, 0.05) is 15.7 Å². The molecular weight excluding hydrogens is 212 g/mol. The van der Waals surface area contributed by atoms with Crippen molar-refractivity contribution in [2.45, 2.75) is 23.5 Å². The van der Waals surface area contributed by atoms with Crippen LogP contribution in [-0.4, -0.2) is 22.1 Å². The number of carboxylic acids is 1. The average molecular weight is 222 g/mol. The number of thioether (sulfide) groups is 1. The minimum Gasteiger partial charge on any atom is -0.475 e. The molecule has 1 aliphatic rings. The lowest BCUT2D eigenvalue weighted by Gasteiger charge is -2.03. The Hall–Kier alpha value is -1.29. The van der Waals surface area contributed by atoms with E-state index in [9.17, 15) is 9.59 Å². The van der Waals surface area contributed by atoms with E-state index in [0.29, 0.717) is 10.8 Å². The molecule has 0 fully saturated rings. The highest BCUT2D eigenvalue weighted by Gasteiger charge is 2.26. The Morgan fingerprint density at radius 3 is 2.87 bits per heavy atom. The number of fused-ring (bicyclic) bond motifs is 1. The second-order valence-electron chi connectivity index (χ2n) is 3.56. The molecule has 0 aromatic heterocycles. The van der Waals surface area contributed by atoms with Crippen LogP contribution in [-0.2, 0) is 11.2 Å². The second kappa shape index (κ2) is 3.70. The van der Waals surface area contributed by atoms with Crippen LogP contribution < -0.4 is 0 Å². The molecule has 1 aromatic carbocycles. The van der Waals surface area contributed by atoms with E-state index in [1.54, 1.807) is 23.9 Å². The summed E-state index contributed by atoms with van der Waals surface area (Å²) in [5.74, 6) is -2.20. The Bertz CT molecular complexity index is 439. The Labute approximate surface area is 91.5 Å². The van der Waals surface area contributed by atoms with Gasteiger partial charge in [-0.2, -0.15) is 0 Å². The number of hydrogen-bond donors (Lipinski definition) is 1. The Morgan fingerprint density at radius 1 is 1.47 bits per heavy atom. The first-order valence-corrected chi connectivity index (χ1v) is 5.53. The van der Waals surface area contributed by atoms with Crippen LogP contribution in [0, 0.1) is 0 Å². The summed E-state index contributed by atoms with van der Waals surface area (Å²) in [6.07, 6.45) is 0.904. The topological polar surface area (TPSA) is 54.4 Å². The Kier molecular flexibility index (Phi) is 2.52. The van der Waals surface area contributed by atoms with Gasteiger partial charge in [0.25, 0.3) is 5.78 Å². The zero-order chi connectivity index (χ0) is 11.0. The van der Waals surface area contributed by atoms with Crippen molar-refractivity contribution >= 4 is 23.5 Å². The number of carbonyl (C=O) groups is 2. The second-order valence-corrected chi connectivity index (χ2v) is 5.01. The first-order chi connectivity index (χ1) is 7.09. The summed E-state index contributed by atoms with van der Waals surface area (Å²) >= 11 is 1.58. The first kappa shape index (κ1) is 10.2. The van der Waals surface area contributed by atoms with Gasteiger partial charge >= 0.3 is 5.97 Å². The molecule has 1 N–H and O–H groups in total. The first-order valence-electron chi connectivity index (χ1n) is 4.65. The summed E-state index contributed by atoms with van der Waals surface area (Å²) in [6.45, 7) is 2.07. The fraction of sp³-hybridized carbons (Fsp3) is 0.273. The monoisotopic (exact) mass is 222 g/mol. The highest BCUT2D eigenvalue weighted by Crippen LogP contribution is 2.39. The van der Waals surface area contributed by atoms with Gasteiger partial charge in [-0.25, -0.2) is 4.79 Å². The van der Waals surface area contributed by atoms with Gasteiger partial charge in [-0.05, 0) is 18.1 Å². The minimum absolute atomic E-state index is 0.328. The molecule has 0 saturated heterocycles. The fourth-order valence-electron chi connectivity index (χ4n) is 1.73. The van der Waals surface area contributed by atoms with E-state index in [2.05, 4.69) is 6.92 Å². The van der Waals surface area contributed by atoms with Gasteiger partial charge in [-0.15, -0.1) is 11.8 Å². The van der Waals surface area contributed by atoms with Crippen molar-refractivity contribution in [1.82, 2.24) is 0 Å². The van der Waals surface area contributed by atoms with Crippen LogP contribution >= 0.6 is 11.8 Å². The molecule has 0 amide bonds. The lowest BCUT2D eigenvalue weighted by molar-refractivity contribution is -0.131. The fourth-order valence-corrected chi connectivity index (χ4v) is 2.99. The number of benzene rings is 1. The van der Waals surface area contributed by atoms with Gasteiger partial charge in [0.1, 0.15) is 0 Å². The molecule has 2 rings (SSSR count). The van der Waals surface area contributed by atoms with Crippen molar-refractivity contribution in [2.24, 2.45) is 0 Å². The predicted octanol–water partition coefficient (Wildman–Crippen LogP) is 1.99. The van der Waals surface area contributed by atoms with E-state index in [1.165, 1.54) is 0 Å². The lowest BCUT2D eigenvalue weighted by atomic mass is 10.0. The van der Waals surface area contributed by atoms with E-state index >= 15 is 0 Å². The zero-order valence-electron chi connectivity index (χ0n) is 8.19. The van der Waals surface area contributed by atoms with Crippen LogP contribution in [0.4, 0.5) is 0 Å². The van der Waals surface area contributed by atoms with Gasteiger partial charge in [-0.1, -0.05) is 19.1 Å². The third kappa shape index (κ3) is 1.77. The molecule has 1 unspecified atom stereocenters. The van der Waals surface area contributed by atoms with Gasteiger partial charge in [0.15, 0.2) is 0 Å². The Morgan fingerprint density at radius 2 is 2.20 bits per heavy atom. The number of aliphatic carboxylic acids is 1. The molecule has 0 aliphatic carbocycles. The van der Waals surface area contributed by atoms with E-state index < -0.39 is 11.8 Å². The molecule has 1 heterocycles. The summed E-state index contributed by atoms with van der Waals surface area (Å²) in [4.78, 5) is 22.9. The van der Waals surface area contributed by atoms with Crippen LogP contribution in [0.5, 0.6) is 0 Å². The Balaban J connectivity index is 2.47. The van der Waals surface area contributed by atoms with Crippen LogP contribution in [0.25, 0.3) is 0 Å². The van der Waals surface area contributed by atoms with Crippen LogP contribution in [0.3, 0.4) is 0 Å². The number of ketones is 1. The number of carbonyl (C=O) groups excluding carboxylic acids is 1. The lowest BCUT2D eigenvalue weighted by Crippen LogP contribution is -2.13. The van der Waals surface area contributed by atoms with Gasteiger partial charge in [0.2, 0.25) is 0 Å². The SMILES string of the molecule is CC1Cc2cccc(C(=O)C(=O)O)c2S1. The van der Waals surface area contributed by atoms with Crippen LogP contribution in [0.2, 0.25) is 0 Å². The van der Waals surface area contributed by atoms with Crippen molar-refractivity contribution in [3.8, 4) is 0 Å². The van der Waals surface area contributed by atoms with E-state index in [0.717, 1.165) is 16.9 Å². The number of Topliss-reactive ketones (excluding diaryl/α,β-unsaturated/α-hetero) is 1. The molecule has 15 heavy (non-hydrogen) atoms. The van der Waals surface area contributed by atoms with Crippen molar-refractivity contribution < 1.29 is 14.7 Å². The van der Waals surface area contributed by atoms with Gasteiger partial charge in [0.05, 0.1) is 0 Å². The summed E-state index contributed by atoms with van der Waals surface area (Å²) in [5.41, 5.74) is 1.41. The molecule has 1 aliphatic heterocycles. The third-order valence-electron chi connectivity index (χ3n) is 2.36. The van der Waals surface area contributed by atoms with Crippen molar-refractivity contribution in [3.05, 3.63) is 29.3 Å². The molecule has 0 radical (unpaired) electrons. The standard InChI is InChI=1S/C11H10O3S/c1-6-5-7-3-2-4-8(10(7)15-6)9(12)11(13)14/h2-4,6H,5H2,1H3,(H,13,14). The number of rotatable bonds is 2. The summed E-state index contributed by atoms with van der Waals surface area (Å²) < 4.78 is 0. The zero-order valence-corrected chi connectivity index (χ0v) is 9.00. The van der Waals surface area contributed by atoms with Crippen molar-refractivity contribution in [1.29, 1.82) is 0 Å². The number of carboxylic acid groups (broad SMARTS) is 1. The molecule has 78 valence electrons. The minimum atomic E-state index is -1.39. The summed E-state index contributed by atoms with van der Waals surface area (Å²) in [6, 6.07) is 5.28. The third-order valence-corrected chi connectivity index (χ3v) is 3.65. The maximum Gasteiger partial charge on any atom is 0.377 e. The molecule has 0 bridgehead atoms. The average Bonchev–Trinajstić information content (AvgIpc) is 2.56. The van der Waals surface area contributed by atoms with Crippen LogP contribution in [0.15, 0.2) is 23.1 Å². The molecule has 0 spiro atoms. The predicted molar refractivity (Wildman–Crippen MR) is 57.4 cm³/mol. The summed E-state index contributed by atoms with van der Waals surface area (Å²) in [5, 5.41) is 9.09. The molecule has 4 heteroatoms.